The van der Waals surface area contributed by atoms with E-state index in [1.807, 2.05) is 6.07 Å². The molecule has 1 aromatic heterocycles. The lowest BCUT2D eigenvalue weighted by Gasteiger charge is -2.23. The van der Waals surface area contributed by atoms with Crippen LogP contribution in [-0.2, 0) is 6.54 Å². The number of fused-ring (bicyclic) bond motifs is 2. The van der Waals surface area contributed by atoms with Crippen molar-refractivity contribution in [2.75, 3.05) is 0 Å². The van der Waals surface area contributed by atoms with Crippen LogP contribution in [0.25, 0.3) is 0 Å². The summed E-state index contributed by atoms with van der Waals surface area (Å²) in [6.45, 7) is 0.862. The van der Waals surface area contributed by atoms with Gasteiger partial charge in [-0.3, -0.25) is 0 Å². The fraction of sp³-hybridized carbons (Fsp3) is 0.615. The van der Waals surface area contributed by atoms with Gasteiger partial charge < -0.3 is 5.32 Å². The Morgan fingerprint density at radius 1 is 1.38 bits per heavy atom. The standard InChI is InChI=1S/C13H17ClN2/c14-13-11(2-1-5-15-13)8-16-12-7-9-3-4-10(12)6-9/h1-2,5,9-10,12,16H,3-4,6-8H2. The van der Waals surface area contributed by atoms with Crippen molar-refractivity contribution in [2.45, 2.75) is 38.3 Å². The Bertz CT molecular complexity index is 380. The molecule has 1 aromatic rings. The molecule has 3 heteroatoms. The second-order valence-electron chi connectivity index (χ2n) is 5.12. The van der Waals surface area contributed by atoms with Gasteiger partial charge in [0.15, 0.2) is 0 Å². The van der Waals surface area contributed by atoms with Crippen molar-refractivity contribution in [1.29, 1.82) is 0 Å². The lowest BCUT2D eigenvalue weighted by atomic mass is 9.95. The van der Waals surface area contributed by atoms with E-state index in [1.165, 1.54) is 25.7 Å². The minimum Gasteiger partial charge on any atom is -0.310 e. The van der Waals surface area contributed by atoms with E-state index in [9.17, 15) is 0 Å². The first-order valence-electron chi connectivity index (χ1n) is 6.15. The summed E-state index contributed by atoms with van der Waals surface area (Å²) >= 11 is 6.04. The SMILES string of the molecule is Clc1ncccc1CNC1CC2CCC1C2. The summed E-state index contributed by atoms with van der Waals surface area (Å²) in [5, 5.41) is 4.28. The van der Waals surface area contributed by atoms with E-state index in [0.717, 1.165) is 30.0 Å². The number of hydrogen-bond donors (Lipinski definition) is 1. The number of aromatic nitrogens is 1. The van der Waals surface area contributed by atoms with Crippen LogP contribution in [0.4, 0.5) is 0 Å². The molecule has 3 atom stereocenters. The van der Waals surface area contributed by atoms with Gasteiger partial charge in [0, 0.05) is 24.3 Å². The van der Waals surface area contributed by atoms with E-state index in [0.29, 0.717) is 5.15 Å². The number of hydrogen-bond acceptors (Lipinski definition) is 2. The van der Waals surface area contributed by atoms with Gasteiger partial charge in [-0.25, -0.2) is 4.98 Å². The van der Waals surface area contributed by atoms with Crippen molar-refractivity contribution in [3.63, 3.8) is 0 Å². The first-order valence-corrected chi connectivity index (χ1v) is 6.53. The number of nitrogens with zero attached hydrogens (tertiary/aromatic N) is 1. The third-order valence-electron chi connectivity index (χ3n) is 4.13. The summed E-state index contributed by atoms with van der Waals surface area (Å²) in [4.78, 5) is 4.10. The van der Waals surface area contributed by atoms with Crippen molar-refractivity contribution in [3.05, 3.63) is 29.0 Å². The normalized spacial score (nSPS) is 32.2. The first kappa shape index (κ1) is 10.5. The largest absolute Gasteiger partial charge is 0.310 e. The van der Waals surface area contributed by atoms with Crippen LogP contribution >= 0.6 is 11.6 Å². The summed E-state index contributed by atoms with van der Waals surface area (Å²) in [6.07, 6.45) is 7.42. The maximum absolute atomic E-state index is 6.04. The molecular weight excluding hydrogens is 220 g/mol. The van der Waals surface area contributed by atoms with Crippen LogP contribution < -0.4 is 5.32 Å². The van der Waals surface area contributed by atoms with Gasteiger partial charge in [0.2, 0.25) is 0 Å². The Hall–Kier alpha value is -0.600. The molecule has 1 N–H and O–H groups in total. The second kappa shape index (κ2) is 4.34. The second-order valence-corrected chi connectivity index (χ2v) is 5.47. The van der Waals surface area contributed by atoms with Crippen molar-refractivity contribution >= 4 is 11.6 Å². The van der Waals surface area contributed by atoms with Crippen LogP contribution in [0.2, 0.25) is 5.15 Å². The molecule has 3 unspecified atom stereocenters. The smallest absolute Gasteiger partial charge is 0.133 e. The zero-order valence-corrected chi connectivity index (χ0v) is 10.1. The lowest BCUT2D eigenvalue weighted by molar-refractivity contribution is 0.350. The van der Waals surface area contributed by atoms with Gasteiger partial charge in [0.1, 0.15) is 5.15 Å². The highest BCUT2D eigenvalue weighted by molar-refractivity contribution is 6.30. The Morgan fingerprint density at radius 2 is 2.31 bits per heavy atom. The van der Waals surface area contributed by atoms with E-state index < -0.39 is 0 Å². The molecule has 0 aliphatic heterocycles. The van der Waals surface area contributed by atoms with Crippen LogP contribution in [0.5, 0.6) is 0 Å². The van der Waals surface area contributed by atoms with Crippen LogP contribution in [0.1, 0.15) is 31.2 Å². The van der Waals surface area contributed by atoms with E-state index in [-0.39, 0.29) is 0 Å². The highest BCUT2D eigenvalue weighted by Crippen LogP contribution is 2.44. The van der Waals surface area contributed by atoms with Crippen molar-refractivity contribution < 1.29 is 0 Å². The maximum Gasteiger partial charge on any atom is 0.133 e. The Labute approximate surface area is 101 Å². The zero-order chi connectivity index (χ0) is 11.0. The van der Waals surface area contributed by atoms with Crippen LogP contribution in [0.15, 0.2) is 18.3 Å². The van der Waals surface area contributed by atoms with Crippen LogP contribution in [0.3, 0.4) is 0 Å². The molecule has 86 valence electrons. The van der Waals surface area contributed by atoms with Crippen molar-refractivity contribution in [2.24, 2.45) is 11.8 Å². The zero-order valence-electron chi connectivity index (χ0n) is 9.32. The van der Waals surface area contributed by atoms with Gasteiger partial charge in [0.05, 0.1) is 0 Å². The van der Waals surface area contributed by atoms with E-state index in [1.54, 1.807) is 6.20 Å². The third-order valence-corrected chi connectivity index (χ3v) is 4.47. The fourth-order valence-electron chi connectivity index (χ4n) is 3.29. The molecular formula is C13H17ClN2. The van der Waals surface area contributed by atoms with E-state index in [4.69, 9.17) is 11.6 Å². The van der Waals surface area contributed by atoms with Crippen LogP contribution in [0, 0.1) is 11.8 Å². The number of halogens is 1. The molecule has 2 bridgehead atoms. The molecule has 0 radical (unpaired) electrons. The van der Waals surface area contributed by atoms with Crippen molar-refractivity contribution in [1.82, 2.24) is 10.3 Å². The minimum absolute atomic E-state index is 0.637. The Kier molecular flexibility index (Phi) is 2.86. The highest BCUT2D eigenvalue weighted by atomic mass is 35.5. The Morgan fingerprint density at radius 3 is 3.00 bits per heavy atom. The molecule has 2 fully saturated rings. The molecule has 2 aliphatic carbocycles. The first-order chi connectivity index (χ1) is 7.83. The van der Waals surface area contributed by atoms with Gasteiger partial charge >= 0.3 is 0 Å². The maximum atomic E-state index is 6.04. The molecule has 0 spiro atoms. The molecule has 2 nitrogen and oxygen atoms in total. The molecule has 2 saturated carbocycles. The summed E-state index contributed by atoms with van der Waals surface area (Å²) in [6, 6.07) is 4.72. The van der Waals surface area contributed by atoms with Gasteiger partial charge in [-0.05, 0) is 37.2 Å². The number of nitrogens with one attached hydrogen (secondary N) is 1. The van der Waals surface area contributed by atoms with Gasteiger partial charge in [-0.1, -0.05) is 24.1 Å². The fourth-order valence-corrected chi connectivity index (χ4v) is 3.47. The molecule has 16 heavy (non-hydrogen) atoms. The molecule has 1 heterocycles. The molecule has 0 aromatic carbocycles. The monoisotopic (exact) mass is 236 g/mol. The number of rotatable bonds is 3. The summed E-state index contributed by atoms with van der Waals surface area (Å²) in [5.74, 6) is 1.91. The van der Waals surface area contributed by atoms with Gasteiger partial charge in [-0.15, -0.1) is 0 Å². The molecule has 3 rings (SSSR count). The summed E-state index contributed by atoms with van der Waals surface area (Å²) in [7, 11) is 0. The predicted octanol–water partition coefficient (Wildman–Crippen LogP) is 3.01. The quantitative estimate of drug-likeness (QED) is 0.817. The average Bonchev–Trinajstić information content (AvgIpc) is 2.90. The van der Waals surface area contributed by atoms with Gasteiger partial charge in [0.25, 0.3) is 0 Å². The topological polar surface area (TPSA) is 24.9 Å². The predicted molar refractivity (Wildman–Crippen MR) is 65.3 cm³/mol. The molecule has 0 amide bonds. The summed E-state index contributed by atoms with van der Waals surface area (Å²) in [5.41, 5.74) is 1.12. The van der Waals surface area contributed by atoms with E-state index >= 15 is 0 Å². The third kappa shape index (κ3) is 1.96. The summed E-state index contributed by atoms with van der Waals surface area (Å²) < 4.78 is 0. The van der Waals surface area contributed by atoms with Gasteiger partial charge in [-0.2, -0.15) is 0 Å². The average molecular weight is 237 g/mol. The van der Waals surface area contributed by atoms with E-state index in [2.05, 4.69) is 16.4 Å². The van der Waals surface area contributed by atoms with Crippen molar-refractivity contribution in [3.8, 4) is 0 Å². The lowest BCUT2D eigenvalue weighted by Crippen LogP contribution is -2.33. The minimum atomic E-state index is 0.637. The highest BCUT2D eigenvalue weighted by Gasteiger charge is 2.38. The Balaban J connectivity index is 1.59. The molecule has 0 saturated heterocycles. The van der Waals surface area contributed by atoms with Crippen LogP contribution in [-0.4, -0.2) is 11.0 Å². The molecule has 2 aliphatic rings. The number of pyridine rings is 1.